The number of para-hydroxylation sites is 4. The van der Waals surface area contributed by atoms with Crippen molar-refractivity contribution in [2.45, 2.75) is 18.5 Å². The molecule has 0 unspecified atom stereocenters. The number of rotatable bonds is 10. The molecule has 8 nitrogen and oxygen atoms in total. The maximum atomic E-state index is 4.75. The van der Waals surface area contributed by atoms with E-state index in [9.17, 15) is 0 Å². The molecule has 12 aromatic rings. The van der Waals surface area contributed by atoms with Crippen molar-refractivity contribution >= 4 is 22.1 Å². The van der Waals surface area contributed by atoms with Crippen molar-refractivity contribution in [3.8, 4) is 44.8 Å². The Morgan fingerprint density at radius 2 is 0.696 bits per heavy atom. The average molecular weight is 891 g/mol. The lowest BCUT2D eigenvalue weighted by Crippen LogP contribution is -2.33. The summed E-state index contributed by atoms with van der Waals surface area (Å²) in [5.74, 6) is 1.88. The molecule has 0 bridgehead atoms. The number of fused-ring (bicyclic) bond motifs is 5. The monoisotopic (exact) mass is 890 g/mol. The molecule has 69 heavy (non-hydrogen) atoms. The van der Waals surface area contributed by atoms with Crippen LogP contribution in [0.5, 0.6) is 0 Å². The highest BCUT2D eigenvalue weighted by Gasteiger charge is 2.46. The number of benzene rings is 6. The first kappa shape index (κ1) is 40.2. The summed E-state index contributed by atoms with van der Waals surface area (Å²) in [6, 6.07) is 69.8. The van der Waals surface area contributed by atoms with Crippen molar-refractivity contribution in [3.05, 3.63) is 278 Å². The van der Waals surface area contributed by atoms with Crippen LogP contribution in [0.25, 0.3) is 66.8 Å². The third kappa shape index (κ3) is 7.17. The maximum absolute atomic E-state index is 4.75. The van der Waals surface area contributed by atoms with Gasteiger partial charge in [0.05, 0.1) is 27.5 Å². The van der Waals surface area contributed by atoms with Crippen LogP contribution in [-0.2, 0) is 18.5 Å². The van der Waals surface area contributed by atoms with E-state index < -0.39 is 5.41 Å². The Morgan fingerprint density at radius 3 is 1.09 bits per heavy atom. The predicted molar refractivity (Wildman–Crippen MR) is 268 cm³/mol. The summed E-state index contributed by atoms with van der Waals surface area (Å²) in [5.41, 5.74) is 18.0. The third-order valence-electron chi connectivity index (χ3n) is 13.8. The maximum Gasteiger partial charge on any atom is 0.210 e. The van der Waals surface area contributed by atoms with Gasteiger partial charge in [0.2, 0.25) is 24.5 Å². The van der Waals surface area contributed by atoms with E-state index in [4.69, 9.17) is 9.97 Å². The molecule has 0 aliphatic heterocycles. The van der Waals surface area contributed by atoms with Gasteiger partial charge in [-0.3, -0.25) is 0 Å². The zero-order valence-corrected chi connectivity index (χ0v) is 37.7. The lowest BCUT2D eigenvalue weighted by atomic mass is 9.67. The molecule has 326 valence electrons. The first-order valence-electron chi connectivity index (χ1n) is 23.4. The summed E-state index contributed by atoms with van der Waals surface area (Å²) in [4.78, 5) is 16.4. The van der Waals surface area contributed by atoms with Gasteiger partial charge in [-0.05, 0) is 79.9 Å². The zero-order valence-electron chi connectivity index (χ0n) is 37.7. The van der Waals surface area contributed by atoms with Crippen molar-refractivity contribution in [3.63, 3.8) is 0 Å². The molecule has 0 amide bonds. The lowest BCUT2D eigenvalue weighted by Gasteiger charge is -2.33. The van der Waals surface area contributed by atoms with Crippen molar-refractivity contribution in [2.75, 3.05) is 0 Å². The van der Waals surface area contributed by atoms with Gasteiger partial charge in [0.1, 0.15) is 0 Å². The molecule has 2 N–H and O–H groups in total. The summed E-state index contributed by atoms with van der Waals surface area (Å²) in [6.45, 7) is 1.36. The minimum atomic E-state index is -0.504. The minimum Gasteiger partial charge on any atom is -0.337 e. The van der Waals surface area contributed by atoms with Gasteiger partial charge in [-0.2, -0.15) is 18.3 Å². The Bertz CT molecular complexity index is 3480. The van der Waals surface area contributed by atoms with Crippen LogP contribution in [0.1, 0.15) is 33.9 Å². The predicted octanol–water partition coefficient (Wildman–Crippen LogP) is 10.4. The fourth-order valence-electron chi connectivity index (χ4n) is 10.4. The first-order valence-corrected chi connectivity index (χ1v) is 23.4. The van der Waals surface area contributed by atoms with E-state index in [-0.39, 0.29) is 0 Å². The highest BCUT2D eigenvalue weighted by atomic mass is 15.0. The largest absolute Gasteiger partial charge is 0.337 e. The van der Waals surface area contributed by atoms with Crippen LogP contribution in [-0.4, -0.2) is 19.9 Å². The highest BCUT2D eigenvalue weighted by molar-refractivity contribution is 5.86. The van der Waals surface area contributed by atoms with E-state index in [1.54, 1.807) is 0 Å². The van der Waals surface area contributed by atoms with Crippen LogP contribution < -0.4 is 18.3 Å². The van der Waals surface area contributed by atoms with E-state index in [0.29, 0.717) is 13.1 Å². The Morgan fingerprint density at radius 1 is 0.348 bits per heavy atom. The minimum absolute atomic E-state index is 0.504. The van der Waals surface area contributed by atoms with Gasteiger partial charge >= 0.3 is 0 Å². The van der Waals surface area contributed by atoms with Gasteiger partial charge in [-0.15, -0.1) is 0 Å². The van der Waals surface area contributed by atoms with Crippen molar-refractivity contribution in [1.29, 1.82) is 0 Å². The number of imidazole rings is 2. The lowest BCUT2D eigenvalue weighted by molar-refractivity contribution is -0.689. The quantitative estimate of drug-likeness (QED) is 0.134. The van der Waals surface area contributed by atoms with Gasteiger partial charge in [0.15, 0.2) is 61.2 Å². The van der Waals surface area contributed by atoms with Gasteiger partial charge < -0.3 is 9.97 Å². The fourth-order valence-corrected chi connectivity index (χ4v) is 10.4. The summed E-state index contributed by atoms with van der Waals surface area (Å²) < 4.78 is 8.68. The Hall–Kier alpha value is -9.14. The van der Waals surface area contributed by atoms with E-state index in [2.05, 4.69) is 236 Å². The van der Waals surface area contributed by atoms with Crippen LogP contribution >= 0.6 is 0 Å². The number of nitrogens with zero attached hydrogens (tertiary/aromatic N) is 6. The Balaban J connectivity index is 0.760. The van der Waals surface area contributed by atoms with Crippen molar-refractivity contribution < 1.29 is 18.3 Å². The highest BCUT2D eigenvalue weighted by Crippen LogP contribution is 2.56. The van der Waals surface area contributed by atoms with Gasteiger partial charge in [0.25, 0.3) is 0 Å². The zero-order chi connectivity index (χ0) is 45.7. The third-order valence-corrected chi connectivity index (χ3v) is 13.8. The van der Waals surface area contributed by atoms with Crippen LogP contribution in [0.2, 0.25) is 0 Å². The molecule has 6 aromatic carbocycles. The molecular weight excluding hydrogens is 845 g/mol. The van der Waals surface area contributed by atoms with E-state index in [1.165, 1.54) is 33.4 Å². The van der Waals surface area contributed by atoms with E-state index in [1.807, 2.05) is 36.4 Å². The molecule has 0 saturated carbocycles. The molecule has 6 heterocycles. The summed E-state index contributed by atoms with van der Waals surface area (Å²) in [6.07, 6.45) is 17.1. The molecule has 1 aliphatic rings. The molecule has 8 heteroatoms. The molecule has 0 saturated heterocycles. The molecule has 6 aromatic heterocycles. The second-order valence-corrected chi connectivity index (χ2v) is 17.8. The topological polar surface area (TPSA) is 72.9 Å². The van der Waals surface area contributed by atoms with Crippen LogP contribution in [0.15, 0.2) is 244 Å². The van der Waals surface area contributed by atoms with Crippen molar-refractivity contribution in [1.82, 2.24) is 19.9 Å². The molecule has 1 aliphatic carbocycles. The number of H-pyrrole nitrogens is 2. The standard InChI is InChI=1S/C61H44N8/c1-3-11-53-51(9-1)52-10-2-4-12-54(52)61(53,47-17-21-49(22-18-47)68-37-29-45(30-38-68)43-25-33-66(34-26-43)41-59-62-55-13-5-6-14-56(55)63-59)48-19-23-50(24-20-48)69-39-31-46(32-40-69)44-27-35-67(36-28-44)42-60-64-57-15-7-8-16-58(57)65-60/h1-40H,41-42H2/q+2/p+2. The van der Waals surface area contributed by atoms with E-state index >= 15 is 0 Å². The second kappa shape index (κ2) is 16.6. The molecule has 0 spiro atoms. The number of nitrogens with one attached hydrogen (secondary N) is 2. The molecule has 0 atom stereocenters. The number of aromatic nitrogens is 8. The average Bonchev–Trinajstić information content (AvgIpc) is 4.11. The van der Waals surface area contributed by atoms with Crippen LogP contribution in [0.3, 0.4) is 0 Å². The Labute approximate surface area is 399 Å². The first-order chi connectivity index (χ1) is 34.1. The van der Waals surface area contributed by atoms with Gasteiger partial charge in [-0.25, -0.2) is 9.97 Å². The second-order valence-electron chi connectivity index (χ2n) is 17.8. The Kier molecular flexibility index (Phi) is 9.68. The molecule has 0 radical (unpaired) electrons. The number of hydrogen-bond donors (Lipinski definition) is 2. The van der Waals surface area contributed by atoms with Crippen LogP contribution in [0.4, 0.5) is 0 Å². The van der Waals surface area contributed by atoms with Gasteiger partial charge in [0, 0.05) is 72.8 Å². The van der Waals surface area contributed by atoms with Gasteiger partial charge in [-0.1, -0.05) is 97.1 Å². The van der Waals surface area contributed by atoms with Crippen molar-refractivity contribution in [2.24, 2.45) is 0 Å². The smallest absolute Gasteiger partial charge is 0.210 e. The number of aromatic amines is 2. The SMILES string of the molecule is c1ccc2c(c1)-c1ccccc1C2(c1ccc(-[n+]2ccc(-c3cc[n+](Cc4nc5ccccc5[nH]4)cc3)cc2)cc1)c1ccc(-[n+]2ccc(-c3cc[n+](Cc4nc5ccccc5[nH]4)cc3)cc2)cc1. The normalized spacial score (nSPS) is 12.6. The summed E-state index contributed by atoms with van der Waals surface area (Å²) >= 11 is 0. The molecule has 13 rings (SSSR count). The number of hydrogen-bond acceptors (Lipinski definition) is 2. The molecule has 0 fully saturated rings. The fraction of sp³-hybridized carbons (Fsp3) is 0.0492. The van der Waals surface area contributed by atoms with E-state index in [0.717, 1.165) is 67.3 Å². The summed E-state index contributed by atoms with van der Waals surface area (Å²) in [7, 11) is 0. The van der Waals surface area contributed by atoms with Crippen LogP contribution in [0, 0.1) is 0 Å². The molecular formula is C61H46N8+4. The summed E-state index contributed by atoms with van der Waals surface area (Å²) in [5, 5.41) is 0. The number of pyridine rings is 4.